The van der Waals surface area contributed by atoms with E-state index >= 15 is 0 Å². The average Bonchev–Trinajstić information content (AvgIpc) is 3.36. The van der Waals surface area contributed by atoms with Gasteiger partial charge in [0, 0.05) is 43.0 Å². The number of likely N-dealkylation sites (tertiary alicyclic amines) is 1. The SMILES string of the molecule is CN=C(NCc1oc2ccc(F)cc2c1C)NC1CCN(C(=O)C2CCCCC2)C1.I. The number of rotatable bonds is 4. The van der Waals surface area contributed by atoms with Crippen molar-refractivity contribution < 1.29 is 13.6 Å². The molecule has 0 radical (unpaired) electrons. The van der Waals surface area contributed by atoms with Crippen LogP contribution in [0, 0.1) is 18.7 Å². The van der Waals surface area contributed by atoms with Crippen molar-refractivity contribution in [3.63, 3.8) is 0 Å². The molecule has 1 aliphatic heterocycles. The maximum absolute atomic E-state index is 13.5. The maximum Gasteiger partial charge on any atom is 0.225 e. The maximum atomic E-state index is 13.5. The van der Waals surface area contributed by atoms with E-state index in [0.717, 1.165) is 49.1 Å². The van der Waals surface area contributed by atoms with Gasteiger partial charge in [0.2, 0.25) is 5.91 Å². The highest BCUT2D eigenvalue weighted by molar-refractivity contribution is 14.0. The molecule has 6 nitrogen and oxygen atoms in total. The molecule has 1 aromatic carbocycles. The molecule has 0 spiro atoms. The van der Waals surface area contributed by atoms with Crippen molar-refractivity contribution in [2.45, 2.75) is 58.0 Å². The number of aryl methyl sites for hydroxylation is 1. The minimum absolute atomic E-state index is 0. The third-order valence-corrected chi connectivity index (χ3v) is 6.43. The van der Waals surface area contributed by atoms with E-state index in [-0.39, 0.29) is 41.8 Å². The zero-order valence-electron chi connectivity index (χ0n) is 18.2. The van der Waals surface area contributed by atoms with Gasteiger partial charge in [-0.05, 0) is 44.4 Å². The lowest BCUT2D eigenvalue weighted by Crippen LogP contribution is -2.45. The summed E-state index contributed by atoms with van der Waals surface area (Å²) in [6.07, 6.45) is 6.61. The molecule has 0 bridgehead atoms. The summed E-state index contributed by atoms with van der Waals surface area (Å²) in [6, 6.07) is 4.75. The van der Waals surface area contributed by atoms with Gasteiger partial charge in [-0.3, -0.25) is 9.79 Å². The minimum Gasteiger partial charge on any atom is -0.459 e. The van der Waals surface area contributed by atoms with Crippen LogP contribution in [0.5, 0.6) is 0 Å². The van der Waals surface area contributed by atoms with Crippen molar-refractivity contribution in [1.29, 1.82) is 0 Å². The number of hydrogen-bond donors (Lipinski definition) is 2. The van der Waals surface area contributed by atoms with E-state index < -0.39 is 0 Å². The van der Waals surface area contributed by atoms with E-state index in [1.807, 2.05) is 11.8 Å². The molecule has 1 atom stereocenters. The molecule has 2 aromatic rings. The van der Waals surface area contributed by atoms with Crippen LogP contribution in [0.4, 0.5) is 4.39 Å². The van der Waals surface area contributed by atoms with E-state index in [1.54, 1.807) is 13.1 Å². The molecule has 1 aromatic heterocycles. The smallest absolute Gasteiger partial charge is 0.225 e. The Hall–Kier alpha value is -1.84. The van der Waals surface area contributed by atoms with Crippen molar-refractivity contribution in [2.75, 3.05) is 20.1 Å². The van der Waals surface area contributed by atoms with Crippen LogP contribution in [-0.2, 0) is 11.3 Å². The number of nitrogens with zero attached hydrogens (tertiary/aromatic N) is 2. The van der Waals surface area contributed by atoms with Crippen molar-refractivity contribution in [3.05, 3.63) is 35.3 Å². The number of nitrogens with one attached hydrogen (secondary N) is 2. The molecule has 2 aliphatic rings. The minimum atomic E-state index is -0.267. The van der Waals surface area contributed by atoms with E-state index in [1.165, 1.54) is 31.4 Å². The molecule has 1 saturated carbocycles. The first-order valence-corrected chi connectivity index (χ1v) is 11.0. The Morgan fingerprint density at radius 2 is 2.03 bits per heavy atom. The van der Waals surface area contributed by atoms with E-state index in [9.17, 15) is 9.18 Å². The van der Waals surface area contributed by atoms with Gasteiger partial charge < -0.3 is 20.0 Å². The lowest BCUT2D eigenvalue weighted by Gasteiger charge is -2.26. The summed E-state index contributed by atoms with van der Waals surface area (Å²) in [4.78, 5) is 19.1. The second-order valence-corrected chi connectivity index (χ2v) is 8.47. The van der Waals surface area contributed by atoms with Crippen LogP contribution in [-0.4, -0.2) is 42.9 Å². The van der Waals surface area contributed by atoms with Gasteiger partial charge >= 0.3 is 0 Å². The van der Waals surface area contributed by atoms with Crippen LogP contribution < -0.4 is 10.6 Å². The first-order valence-electron chi connectivity index (χ1n) is 11.0. The highest BCUT2D eigenvalue weighted by Crippen LogP contribution is 2.27. The lowest BCUT2D eigenvalue weighted by molar-refractivity contribution is -0.135. The second kappa shape index (κ2) is 10.7. The van der Waals surface area contributed by atoms with Crippen molar-refractivity contribution in [2.24, 2.45) is 10.9 Å². The van der Waals surface area contributed by atoms with Crippen LogP contribution in [0.1, 0.15) is 49.8 Å². The quantitative estimate of drug-likeness (QED) is 0.343. The predicted molar refractivity (Wildman–Crippen MR) is 131 cm³/mol. The summed E-state index contributed by atoms with van der Waals surface area (Å²) in [5, 5.41) is 7.51. The van der Waals surface area contributed by atoms with Gasteiger partial charge in [0.25, 0.3) is 0 Å². The highest BCUT2D eigenvalue weighted by atomic mass is 127. The summed E-state index contributed by atoms with van der Waals surface area (Å²) >= 11 is 0. The Morgan fingerprint density at radius 1 is 1.26 bits per heavy atom. The predicted octanol–water partition coefficient (Wildman–Crippen LogP) is 4.34. The van der Waals surface area contributed by atoms with Gasteiger partial charge in [0.15, 0.2) is 5.96 Å². The summed E-state index contributed by atoms with van der Waals surface area (Å²) in [5.41, 5.74) is 1.61. The Kier molecular flexibility index (Phi) is 8.18. The number of carbonyl (C=O) groups is 1. The van der Waals surface area contributed by atoms with Crippen LogP contribution in [0.25, 0.3) is 11.0 Å². The zero-order valence-corrected chi connectivity index (χ0v) is 20.6. The molecular formula is C23H32FIN4O2. The molecule has 4 rings (SSSR count). The highest BCUT2D eigenvalue weighted by Gasteiger charge is 2.31. The molecule has 1 unspecified atom stereocenters. The number of benzene rings is 1. The number of halogens is 2. The summed E-state index contributed by atoms with van der Waals surface area (Å²) < 4.78 is 19.4. The molecule has 2 heterocycles. The van der Waals surface area contributed by atoms with Crippen LogP contribution in [0.3, 0.4) is 0 Å². The molecular weight excluding hydrogens is 510 g/mol. The summed E-state index contributed by atoms with van der Waals surface area (Å²) in [5.74, 6) is 1.72. The molecule has 2 fully saturated rings. The largest absolute Gasteiger partial charge is 0.459 e. The molecule has 2 N–H and O–H groups in total. The van der Waals surface area contributed by atoms with E-state index in [0.29, 0.717) is 24.0 Å². The summed E-state index contributed by atoms with van der Waals surface area (Å²) in [7, 11) is 1.73. The van der Waals surface area contributed by atoms with Crippen molar-refractivity contribution >= 4 is 46.8 Å². The molecule has 8 heteroatoms. The lowest BCUT2D eigenvalue weighted by atomic mass is 9.88. The number of furan rings is 1. The van der Waals surface area contributed by atoms with Crippen molar-refractivity contribution in [3.8, 4) is 0 Å². The van der Waals surface area contributed by atoms with E-state index in [4.69, 9.17) is 4.42 Å². The Bertz CT molecular complexity index is 939. The van der Waals surface area contributed by atoms with Crippen molar-refractivity contribution in [1.82, 2.24) is 15.5 Å². The third kappa shape index (κ3) is 5.51. The Labute approximate surface area is 200 Å². The fourth-order valence-corrected chi connectivity index (χ4v) is 4.65. The number of aliphatic imine (C=N–C) groups is 1. The average molecular weight is 542 g/mol. The number of guanidine groups is 1. The van der Waals surface area contributed by atoms with Gasteiger partial charge in [-0.15, -0.1) is 24.0 Å². The second-order valence-electron chi connectivity index (χ2n) is 8.47. The van der Waals surface area contributed by atoms with Gasteiger partial charge in [-0.1, -0.05) is 19.3 Å². The van der Waals surface area contributed by atoms with Gasteiger partial charge in [-0.25, -0.2) is 4.39 Å². The summed E-state index contributed by atoms with van der Waals surface area (Å²) in [6.45, 7) is 3.92. The fraction of sp³-hybridized carbons (Fsp3) is 0.565. The number of amides is 1. The first-order chi connectivity index (χ1) is 14.5. The number of carbonyl (C=O) groups excluding carboxylic acids is 1. The van der Waals surface area contributed by atoms with Crippen LogP contribution >= 0.6 is 24.0 Å². The molecule has 31 heavy (non-hydrogen) atoms. The Morgan fingerprint density at radius 3 is 2.77 bits per heavy atom. The standard InChI is InChI=1S/C23H31FN4O2.HI/c1-15-19-12-17(24)8-9-20(19)30-21(15)13-26-23(25-2)27-18-10-11-28(14-18)22(29)16-6-4-3-5-7-16;/h8-9,12,16,18H,3-7,10-11,13-14H2,1-2H3,(H2,25,26,27);1H. The van der Waals surface area contributed by atoms with Gasteiger partial charge in [0.1, 0.15) is 17.2 Å². The Balaban J connectivity index is 0.00000272. The van der Waals surface area contributed by atoms with Gasteiger partial charge in [-0.2, -0.15) is 0 Å². The molecule has 1 amide bonds. The van der Waals surface area contributed by atoms with Crippen LogP contribution in [0.2, 0.25) is 0 Å². The van der Waals surface area contributed by atoms with Crippen LogP contribution in [0.15, 0.2) is 27.6 Å². The zero-order chi connectivity index (χ0) is 21.1. The third-order valence-electron chi connectivity index (χ3n) is 6.43. The number of fused-ring (bicyclic) bond motifs is 1. The normalized spacial score (nSPS) is 20.0. The van der Waals surface area contributed by atoms with Gasteiger partial charge in [0.05, 0.1) is 6.54 Å². The van der Waals surface area contributed by atoms with E-state index in [2.05, 4.69) is 15.6 Å². The first kappa shape index (κ1) is 23.8. The monoisotopic (exact) mass is 542 g/mol. The molecule has 1 saturated heterocycles. The topological polar surface area (TPSA) is 69.9 Å². The molecule has 170 valence electrons. The molecule has 1 aliphatic carbocycles. The fourth-order valence-electron chi connectivity index (χ4n) is 4.65. The number of hydrogen-bond acceptors (Lipinski definition) is 3.